The van der Waals surface area contributed by atoms with E-state index in [0.717, 1.165) is 0 Å². The lowest BCUT2D eigenvalue weighted by Gasteiger charge is -2.27. The maximum atomic E-state index is 2.47. The molecule has 1 aliphatic heterocycles. The molecule has 0 amide bonds. The van der Waals surface area contributed by atoms with Crippen molar-refractivity contribution in [2.75, 3.05) is 0 Å². The van der Waals surface area contributed by atoms with Gasteiger partial charge in [-0.3, -0.25) is 0 Å². The van der Waals surface area contributed by atoms with Crippen LogP contribution in [-0.2, 0) is 0 Å². The van der Waals surface area contributed by atoms with Gasteiger partial charge >= 0.3 is 0 Å². The van der Waals surface area contributed by atoms with Gasteiger partial charge in [0.2, 0.25) is 6.71 Å². The van der Waals surface area contributed by atoms with Crippen molar-refractivity contribution in [1.29, 1.82) is 0 Å². The number of fused-ring (bicyclic) bond motifs is 5. The number of aromatic nitrogens is 1. The highest BCUT2D eigenvalue weighted by Gasteiger charge is 2.32. The summed E-state index contributed by atoms with van der Waals surface area (Å²) in [4.78, 5) is 0. The number of rotatable bonds is 1. The van der Waals surface area contributed by atoms with Gasteiger partial charge in [-0.05, 0) is 35.5 Å². The second kappa shape index (κ2) is 5.37. The van der Waals surface area contributed by atoms with Crippen LogP contribution in [0.2, 0.25) is 0 Å². The number of hydrogen-bond acceptors (Lipinski definition) is 0. The molecule has 0 aliphatic carbocycles. The van der Waals surface area contributed by atoms with Gasteiger partial charge in [0.1, 0.15) is 0 Å². The Balaban J connectivity index is 1.84. The van der Waals surface area contributed by atoms with E-state index in [4.69, 9.17) is 0 Å². The summed E-state index contributed by atoms with van der Waals surface area (Å²) < 4.78 is 2.47. The van der Waals surface area contributed by atoms with Crippen LogP contribution in [0.25, 0.3) is 27.5 Å². The molecular weight excluding hydrogens is 325 g/mol. The third-order valence-electron chi connectivity index (χ3n) is 5.91. The Morgan fingerprint density at radius 3 is 2.33 bits per heavy atom. The van der Waals surface area contributed by atoms with Crippen molar-refractivity contribution in [2.24, 2.45) is 0 Å². The molecule has 4 aromatic carbocycles. The molecule has 1 aliphatic rings. The minimum atomic E-state index is 0.268. The molecule has 0 spiro atoms. The van der Waals surface area contributed by atoms with Crippen molar-refractivity contribution in [3.05, 3.63) is 96.6 Å². The number of benzene rings is 4. The third-order valence-corrected chi connectivity index (χ3v) is 5.91. The van der Waals surface area contributed by atoms with Crippen LogP contribution in [-0.4, -0.2) is 11.3 Å². The summed E-state index contributed by atoms with van der Waals surface area (Å²) in [6.45, 7) is 2.44. The summed E-state index contributed by atoms with van der Waals surface area (Å²) in [6.07, 6.45) is 0. The fourth-order valence-corrected chi connectivity index (χ4v) is 4.79. The second-order valence-corrected chi connectivity index (χ2v) is 7.50. The van der Waals surface area contributed by atoms with E-state index in [1.165, 1.54) is 49.4 Å². The molecule has 6 rings (SSSR count). The molecule has 2 heteroatoms. The van der Waals surface area contributed by atoms with Gasteiger partial charge in [-0.1, -0.05) is 84.3 Å². The van der Waals surface area contributed by atoms with Crippen molar-refractivity contribution in [3.8, 4) is 5.69 Å². The summed E-state index contributed by atoms with van der Waals surface area (Å²) in [5.74, 6) is 0. The first-order valence-electron chi connectivity index (χ1n) is 9.51. The smallest absolute Gasteiger partial charge is 0.246 e. The summed E-state index contributed by atoms with van der Waals surface area (Å²) in [6, 6.07) is 33.4. The van der Waals surface area contributed by atoms with E-state index in [1.54, 1.807) is 0 Å². The Morgan fingerprint density at radius 1 is 0.667 bits per heavy atom. The molecule has 5 aromatic rings. The summed E-state index contributed by atoms with van der Waals surface area (Å²) >= 11 is 0. The molecule has 27 heavy (non-hydrogen) atoms. The number of para-hydroxylation sites is 2. The Kier molecular flexibility index (Phi) is 2.96. The number of hydrogen-bond donors (Lipinski definition) is 0. The van der Waals surface area contributed by atoms with Crippen molar-refractivity contribution in [2.45, 2.75) is 6.92 Å². The van der Waals surface area contributed by atoms with Gasteiger partial charge in [-0.2, -0.15) is 0 Å². The predicted molar refractivity (Wildman–Crippen MR) is 117 cm³/mol. The largest absolute Gasteiger partial charge is 0.310 e. The quantitative estimate of drug-likeness (QED) is 0.399. The van der Waals surface area contributed by atoms with Gasteiger partial charge in [0, 0.05) is 22.0 Å². The average Bonchev–Trinajstić information content (AvgIpc) is 3.04. The van der Waals surface area contributed by atoms with E-state index in [1.807, 2.05) is 0 Å². The molecule has 0 fully saturated rings. The first-order chi connectivity index (χ1) is 13.3. The molecule has 1 nitrogen and oxygen atoms in total. The van der Waals surface area contributed by atoms with Crippen LogP contribution in [0, 0.1) is 6.92 Å². The van der Waals surface area contributed by atoms with Crippen LogP contribution in [0.3, 0.4) is 0 Å². The molecule has 0 unspecified atom stereocenters. The normalized spacial score (nSPS) is 12.6. The topological polar surface area (TPSA) is 4.93 Å². The van der Waals surface area contributed by atoms with Crippen molar-refractivity contribution >= 4 is 44.9 Å². The Labute approximate surface area is 159 Å². The average molecular weight is 343 g/mol. The predicted octanol–water partition coefficient (Wildman–Crippen LogP) is 3.92. The van der Waals surface area contributed by atoms with Gasteiger partial charge in [-0.25, -0.2) is 0 Å². The maximum Gasteiger partial charge on any atom is 0.246 e. The van der Waals surface area contributed by atoms with Gasteiger partial charge in [0.05, 0.1) is 5.52 Å². The number of aryl methyl sites for hydroxylation is 1. The molecule has 0 N–H and O–H groups in total. The van der Waals surface area contributed by atoms with Crippen molar-refractivity contribution in [1.82, 2.24) is 4.57 Å². The Hall–Kier alpha value is -3.26. The monoisotopic (exact) mass is 343 g/mol. The van der Waals surface area contributed by atoms with Crippen LogP contribution in [0.1, 0.15) is 5.56 Å². The van der Waals surface area contributed by atoms with E-state index in [2.05, 4.69) is 102 Å². The van der Waals surface area contributed by atoms with Crippen LogP contribution in [0.4, 0.5) is 0 Å². The molecular formula is C25H18BN. The maximum absolute atomic E-state index is 2.47. The zero-order valence-corrected chi connectivity index (χ0v) is 15.2. The molecule has 0 radical (unpaired) electrons. The zero-order valence-electron chi connectivity index (χ0n) is 15.2. The van der Waals surface area contributed by atoms with Gasteiger partial charge < -0.3 is 4.57 Å². The lowest BCUT2D eigenvalue weighted by atomic mass is 9.35. The first kappa shape index (κ1) is 14.9. The Morgan fingerprint density at radius 2 is 1.44 bits per heavy atom. The zero-order chi connectivity index (χ0) is 18.0. The highest BCUT2D eigenvalue weighted by molar-refractivity contribution is 6.98. The third kappa shape index (κ3) is 1.96. The minimum Gasteiger partial charge on any atom is -0.310 e. The Bertz CT molecular complexity index is 1330. The molecule has 0 bridgehead atoms. The lowest BCUT2D eigenvalue weighted by molar-refractivity contribution is 1.19. The minimum absolute atomic E-state index is 0.268. The van der Waals surface area contributed by atoms with Crippen LogP contribution in [0.5, 0.6) is 0 Å². The van der Waals surface area contributed by atoms with E-state index in [0.29, 0.717) is 0 Å². The number of nitrogens with zero attached hydrogens (tertiary/aromatic N) is 1. The molecule has 2 heterocycles. The van der Waals surface area contributed by atoms with Crippen LogP contribution < -0.4 is 16.4 Å². The van der Waals surface area contributed by atoms with E-state index < -0.39 is 0 Å². The van der Waals surface area contributed by atoms with Gasteiger partial charge in [-0.15, -0.1) is 0 Å². The standard InChI is InChI=1S/C25H18BN/c1-17-14-15-19-20-10-7-12-22-25(20)27(24(19)16-17)23-13-6-5-11-21(23)26(22)18-8-3-2-4-9-18/h2-16H,1H3. The van der Waals surface area contributed by atoms with E-state index in [9.17, 15) is 0 Å². The van der Waals surface area contributed by atoms with Gasteiger partial charge in [0.15, 0.2) is 0 Å². The van der Waals surface area contributed by atoms with Crippen LogP contribution in [0.15, 0.2) is 91.0 Å². The summed E-state index contributed by atoms with van der Waals surface area (Å²) in [7, 11) is 0. The first-order valence-corrected chi connectivity index (χ1v) is 9.51. The highest BCUT2D eigenvalue weighted by Crippen LogP contribution is 2.33. The second-order valence-electron chi connectivity index (χ2n) is 7.50. The molecule has 1 aromatic heterocycles. The molecule has 0 saturated carbocycles. The summed E-state index contributed by atoms with van der Waals surface area (Å²) in [5, 5.41) is 2.68. The highest BCUT2D eigenvalue weighted by atomic mass is 15.0. The molecule has 0 saturated heterocycles. The SMILES string of the molecule is Cc1ccc2c3cccc4c3n(c2c1)-c1ccccc1B4c1ccccc1. The fourth-order valence-electron chi connectivity index (χ4n) is 4.79. The van der Waals surface area contributed by atoms with E-state index >= 15 is 0 Å². The van der Waals surface area contributed by atoms with Crippen LogP contribution >= 0.6 is 0 Å². The van der Waals surface area contributed by atoms with Crippen molar-refractivity contribution in [3.63, 3.8) is 0 Å². The lowest BCUT2D eigenvalue weighted by Crippen LogP contribution is -2.55. The van der Waals surface area contributed by atoms with Gasteiger partial charge in [0.25, 0.3) is 0 Å². The summed E-state index contributed by atoms with van der Waals surface area (Å²) in [5.41, 5.74) is 9.38. The van der Waals surface area contributed by atoms with Crippen molar-refractivity contribution < 1.29 is 0 Å². The van der Waals surface area contributed by atoms with E-state index in [-0.39, 0.29) is 6.71 Å². The molecule has 0 atom stereocenters. The molecule has 126 valence electrons. The fraction of sp³-hybridized carbons (Fsp3) is 0.0400.